The molecule has 0 fully saturated rings. The number of rotatable bonds is 7. The molecule has 0 saturated carbocycles. The highest BCUT2D eigenvalue weighted by Crippen LogP contribution is 2.42. The standard InChI is InChI=1S/C29H23ClFN3O2/c1-20(35)28-32-34(24-10-3-2-4-11-24)29(33(28)23-17-15-22(31)16-18-23)25-12-6-8-14-27(25)36-19-21-9-5-7-13-26(21)30/h2-18,29H,19H2,1H3. The van der Waals surface area contributed by atoms with E-state index in [1.54, 1.807) is 17.1 Å². The molecule has 180 valence electrons. The van der Waals surface area contributed by atoms with Gasteiger partial charge in [0.05, 0.1) is 5.69 Å². The molecule has 36 heavy (non-hydrogen) atoms. The van der Waals surface area contributed by atoms with Crippen LogP contribution in [0.4, 0.5) is 15.8 Å². The summed E-state index contributed by atoms with van der Waals surface area (Å²) in [6, 6.07) is 30.8. The molecule has 0 amide bonds. The predicted octanol–water partition coefficient (Wildman–Crippen LogP) is 6.99. The van der Waals surface area contributed by atoms with Gasteiger partial charge >= 0.3 is 0 Å². The van der Waals surface area contributed by atoms with Gasteiger partial charge in [0.25, 0.3) is 0 Å². The number of ether oxygens (including phenoxy) is 1. The molecule has 0 N–H and O–H groups in total. The Bertz CT molecular complexity index is 1410. The van der Waals surface area contributed by atoms with Crippen LogP contribution in [0.25, 0.3) is 0 Å². The summed E-state index contributed by atoms with van der Waals surface area (Å²) in [5, 5.41) is 7.14. The summed E-state index contributed by atoms with van der Waals surface area (Å²) in [5.74, 6) is 0.295. The van der Waals surface area contributed by atoms with Gasteiger partial charge < -0.3 is 4.74 Å². The Balaban J connectivity index is 1.62. The third-order valence-corrected chi connectivity index (χ3v) is 6.25. The fraction of sp³-hybridized carbons (Fsp3) is 0.103. The minimum atomic E-state index is -0.556. The van der Waals surface area contributed by atoms with Crippen molar-refractivity contribution >= 4 is 34.6 Å². The first-order valence-electron chi connectivity index (χ1n) is 11.5. The van der Waals surface area contributed by atoms with Crippen LogP contribution in [0.2, 0.25) is 5.02 Å². The van der Waals surface area contributed by atoms with Crippen molar-refractivity contribution in [3.05, 3.63) is 125 Å². The number of ketones is 1. The SMILES string of the molecule is CC(=O)C1=NN(c2ccccc2)C(c2ccccc2OCc2ccccc2Cl)N1c1ccc(F)cc1. The quantitative estimate of drug-likeness (QED) is 0.275. The summed E-state index contributed by atoms with van der Waals surface area (Å²) in [4.78, 5) is 14.6. The molecule has 0 saturated heterocycles. The Labute approximate surface area is 214 Å². The van der Waals surface area contributed by atoms with E-state index in [1.807, 2.05) is 83.8 Å². The Morgan fingerprint density at radius 2 is 1.56 bits per heavy atom. The number of benzene rings is 4. The van der Waals surface area contributed by atoms with Crippen molar-refractivity contribution in [2.75, 3.05) is 9.91 Å². The number of Topliss-reactive ketones (excluding diaryl/α,β-unsaturated/α-hetero) is 1. The highest BCUT2D eigenvalue weighted by molar-refractivity contribution is 6.44. The number of carbonyl (C=O) groups is 1. The van der Waals surface area contributed by atoms with Crippen molar-refractivity contribution in [1.29, 1.82) is 0 Å². The van der Waals surface area contributed by atoms with Crippen LogP contribution >= 0.6 is 11.6 Å². The number of carbonyl (C=O) groups excluding carboxylic acids is 1. The van der Waals surface area contributed by atoms with Crippen molar-refractivity contribution in [3.8, 4) is 5.75 Å². The molecule has 1 aliphatic heterocycles. The molecule has 7 heteroatoms. The predicted molar refractivity (Wildman–Crippen MR) is 141 cm³/mol. The van der Waals surface area contributed by atoms with Crippen LogP contribution in [0.5, 0.6) is 5.75 Å². The highest BCUT2D eigenvalue weighted by Gasteiger charge is 2.40. The van der Waals surface area contributed by atoms with Gasteiger partial charge in [-0.05, 0) is 48.5 Å². The average molecular weight is 500 g/mol. The molecule has 1 heterocycles. The van der Waals surface area contributed by atoms with E-state index in [9.17, 15) is 9.18 Å². The summed E-state index contributed by atoms with van der Waals surface area (Å²) >= 11 is 6.35. The molecule has 1 aliphatic rings. The van der Waals surface area contributed by atoms with Crippen molar-refractivity contribution in [3.63, 3.8) is 0 Å². The smallest absolute Gasteiger partial charge is 0.198 e. The van der Waals surface area contributed by atoms with Gasteiger partial charge in [0.2, 0.25) is 0 Å². The van der Waals surface area contributed by atoms with Crippen LogP contribution in [0.15, 0.2) is 108 Å². The number of hydrazone groups is 1. The van der Waals surface area contributed by atoms with Crippen LogP contribution in [0.1, 0.15) is 24.2 Å². The van der Waals surface area contributed by atoms with Crippen LogP contribution < -0.4 is 14.6 Å². The van der Waals surface area contributed by atoms with Crippen LogP contribution in [-0.4, -0.2) is 11.6 Å². The lowest BCUT2D eigenvalue weighted by atomic mass is 10.1. The van der Waals surface area contributed by atoms with E-state index in [4.69, 9.17) is 21.4 Å². The third-order valence-electron chi connectivity index (χ3n) is 5.89. The Morgan fingerprint density at radius 3 is 2.28 bits per heavy atom. The molecule has 0 aliphatic carbocycles. The van der Waals surface area contributed by atoms with Gasteiger partial charge in [0.15, 0.2) is 17.8 Å². The number of nitrogens with zero attached hydrogens (tertiary/aromatic N) is 3. The van der Waals surface area contributed by atoms with Gasteiger partial charge in [-0.2, -0.15) is 0 Å². The molecule has 4 aromatic carbocycles. The molecule has 1 unspecified atom stereocenters. The van der Waals surface area contributed by atoms with Crippen molar-refractivity contribution in [1.82, 2.24) is 0 Å². The number of hydrogen-bond donors (Lipinski definition) is 0. The first-order chi connectivity index (χ1) is 17.5. The normalized spacial score (nSPS) is 15.1. The average Bonchev–Trinajstić information content (AvgIpc) is 3.30. The first-order valence-corrected chi connectivity index (χ1v) is 11.8. The maximum absolute atomic E-state index is 13.8. The van der Waals surface area contributed by atoms with Crippen molar-refractivity contribution in [2.45, 2.75) is 19.7 Å². The summed E-state index contributed by atoms with van der Waals surface area (Å²) in [7, 11) is 0. The monoisotopic (exact) mass is 499 g/mol. The molecular weight excluding hydrogens is 477 g/mol. The number of anilines is 2. The van der Waals surface area contributed by atoms with Crippen LogP contribution in [-0.2, 0) is 11.4 Å². The number of hydrogen-bond acceptors (Lipinski definition) is 5. The van der Waals surface area contributed by atoms with E-state index in [0.29, 0.717) is 16.5 Å². The number of para-hydroxylation sites is 2. The second kappa shape index (κ2) is 10.2. The fourth-order valence-electron chi connectivity index (χ4n) is 4.18. The minimum absolute atomic E-state index is 0.211. The zero-order valence-electron chi connectivity index (χ0n) is 19.5. The summed E-state index contributed by atoms with van der Waals surface area (Å²) < 4.78 is 20.1. The lowest BCUT2D eigenvalue weighted by Crippen LogP contribution is -2.38. The number of halogens is 2. The van der Waals surface area contributed by atoms with Gasteiger partial charge in [-0.3, -0.25) is 9.69 Å². The molecule has 0 radical (unpaired) electrons. The summed E-state index contributed by atoms with van der Waals surface area (Å²) in [6.45, 7) is 1.74. The Morgan fingerprint density at radius 1 is 0.889 bits per heavy atom. The molecule has 1 atom stereocenters. The van der Waals surface area contributed by atoms with Crippen LogP contribution in [0.3, 0.4) is 0 Å². The second-order valence-electron chi connectivity index (χ2n) is 8.30. The van der Waals surface area contributed by atoms with Crippen molar-refractivity contribution in [2.24, 2.45) is 5.10 Å². The van der Waals surface area contributed by atoms with E-state index in [-0.39, 0.29) is 24.0 Å². The highest BCUT2D eigenvalue weighted by atomic mass is 35.5. The largest absolute Gasteiger partial charge is 0.488 e. The molecular formula is C29H23ClFN3O2. The lowest BCUT2D eigenvalue weighted by Gasteiger charge is -2.33. The molecule has 4 aromatic rings. The van der Waals surface area contributed by atoms with E-state index in [0.717, 1.165) is 16.8 Å². The van der Waals surface area contributed by atoms with Gasteiger partial charge in [-0.1, -0.05) is 66.2 Å². The molecule has 0 spiro atoms. The van der Waals surface area contributed by atoms with Gasteiger partial charge in [-0.15, -0.1) is 5.10 Å². The summed E-state index contributed by atoms with van der Waals surface area (Å²) in [6.07, 6.45) is -0.556. The molecule has 0 bridgehead atoms. The molecule has 5 rings (SSSR count). The van der Waals surface area contributed by atoms with Crippen molar-refractivity contribution < 1.29 is 13.9 Å². The van der Waals surface area contributed by atoms with Crippen LogP contribution in [0, 0.1) is 5.82 Å². The molecule has 5 nitrogen and oxygen atoms in total. The van der Waals surface area contributed by atoms with Gasteiger partial charge in [0.1, 0.15) is 18.2 Å². The maximum Gasteiger partial charge on any atom is 0.198 e. The Hall–Kier alpha value is -4.16. The minimum Gasteiger partial charge on any atom is -0.488 e. The van der Waals surface area contributed by atoms with E-state index in [2.05, 4.69) is 0 Å². The second-order valence-corrected chi connectivity index (χ2v) is 8.71. The number of amidine groups is 1. The zero-order chi connectivity index (χ0) is 25.1. The fourth-order valence-corrected chi connectivity index (χ4v) is 4.37. The van der Waals surface area contributed by atoms with Gasteiger partial charge in [-0.25, -0.2) is 9.40 Å². The van der Waals surface area contributed by atoms with E-state index >= 15 is 0 Å². The molecule has 0 aromatic heterocycles. The van der Waals surface area contributed by atoms with E-state index < -0.39 is 6.17 Å². The lowest BCUT2D eigenvalue weighted by molar-refractivity contribution is -0.111. The van der Waals surface area contributed by atoms with E-state index in [1.165, 1.54) is 19.1 Å². The first kappa shape index (κ1) is 23.6. The zero-order valence-corrected chi connectivity index (χ0v) is 20.3. The summed E-state index contributed by atoms with van der Waals surface area (Å²) in [5.41, 5.74) is 3.08. The third kappa shape index (κ3) is 4.68. The Kier molecular flexibility index (Phi) is 6.69. The maximum atomic E-state index is 13.8. The van der Waals surface area contributed by atoms with Gasteiger partial charge in [0, 0.05) is 28.8 Å². The topological polar surface area (TPSA) is 45.1 Å².